The molecule has 0 fully saturated rings. The summed E-state index contributed by atoms with van der Waals surface area (Å²) in [7, 11) is 0. The van der Waals surface area contributed by atoms with E-state index in [1.54, 1.807) is 0 Å². The summed E-state index contributed by atoms with van der Waals surface area (Å²) in [6, 6.07) is 4.81. The molecule has 1 rings (SSSR count). The number of rotatable bonds is 9. The average molecular weight is 240 g/mol. The third kappa shape index (κ3) is 5.64. The molecule has 0 amide bonds. The summed E-state index contributed by atoms with van der Waals surface area (Å²) in [6.07, 6.45) is 8.81. The summed E-state index contributed by atoms with van der Waals surface area (Å²) in [5.41, 5.74) is 2.95. The van der Waals surface area contributed by atoms with Crippen LogP contribution in [0, 0.1) is 0 Å². The van der Waals surface area contributed by atoms with Gasteiger partial charge >= 0.3 is 0 Å². The van der Waals surface area contributed by atoms with Gasteiger partial charge in [-0.05, 0) is 30.7 Å². The van der Waals surface area contributed by atoms with E-state index in [1.807, 2.05) is 11.3 Å². The van der Waals surface area contributed by atoms with Gasteiger partial charge in [0, 0.05) is 10.9 Å². The van der Waals surface area contributed by atoms with Crippen LogP contribution < -0.4 is 11.3 Å². The van der Waals surface area contributed by atoms with Gasteiger partial charge < -0.3 is 0 Å². The second-order valence-corrected chi connectivity index (χ2v) is 5.36. The number of unbranched alkanes of at least 4 members (excludes halogenated alkanes) is 3. The average Bonchev–Trinajstić information content (AvgIpc) is 2.81. The van der Waals surface area contributed by atoms with Crippen LogP contribution in [0.15, 0.2) is 17.5 Å². The maximum Gasteiger partial charge on any atom is 0.0214 e. The molecule has 0 aliphatic heterocycles. The molecule has 0 aliphatic rings. The molecule has 0 aromatic carbocycles. The molecule has 1 unspecified atom stereocenters. The normalized spacial score (nSPS) is 12.9. The quantitative estimate of drug-likeness (QED) is 0.394. The van der Waals surface area contributed by atoms with Crippen molar-refractivity contribution in [3.63, 3.8) is 0 Å². The molecule has 1 heterocycles. The van der Waals surface area contributed by atoms with Crippen LogP contribution in [0.2, 0.25) is 0 Å². The molecule has 92 valence electrons. The van der Waals surface area contributed by atoms with Crippen LogP contribution in [0.3, 0.4) is 0 Å². The minimum atomic E-state index is 0.485. The van der Waals surface area contributed by atoms with Crippen LogP contribution in [-0.4, -0.2) is 6.04 Å². The van der Waals surface area contributed by atoms with Gasteiger partial charge in [-0.1, -0.05) is 38.7 Å². The van der Waals surface area contributed by atoms with E-state index in [0.717, 1.165) is 12.8 Å². The second kappa shape index (κ2) is 8.74. The van der Waals surface area contributed by atoms with Gasteiger partial charge in [0.2, 0.25) is 0 Å². The third-order valence-electron chi connectivity index (χ3n) is 2.96. The first-order valence-electron chi connectivity index (χ1n) is 6.35. The van der Waals surface area contributed by atoms with E-state index in [9.17, 15) is 0 Å². The maximum absolute atomic E-state index is 5.58. The molecule has 1 aromatic heterocycles. The highest BCUT2D eigenvalue weighted by atomic mass is 32.1. The van der Waals surface area contributed by atoms with Crippen molar-refractivity contribution in [3.05, 3.63) is 22.4 Å². The minimum absolute atomic E-state index is 0.485. The van der Waals surface area contributed by atoms with Gasteiger partial charge in [-0.2, -0.15) is 0 Å². The van der Waals surface area contributed by atoms with Crippen LogP contribution in [-0.2, 0) is 6.42 Å². The van der Waals surface area contributed by atoms with Gasteiger partial charge in [0.15, 0.2) is 0 Å². The Balaban J connectivity index is 2.11. The van der Waals surface area contributed by atoms with Gasteiger partial charge in [0.05, 0.1) is 0 Å². The Hall–Kier alpha value is -0.380. The molecular weight excluding hydrogens is 216 g/mol. The van der Waals surface area contributed by atoms with Crippen molar-refractivity contribution < 1.29 is 0 Å². The fraction of sp³-hybridized carbons (Fsp3) is 0.692. The van der Waals surface area contributed by atoms with Crippen molar-refractivity contribution in [2.45, 2.75) is 57.9 Å². The smallest absolute Gasteiger partial charge is 0.0214 e. The lowest BCUT2D eigenvalue weighted by molar-refractivity contribution is 0.442. The summed E-state index contributed by atoms with van der Waals surface area (Å²) in [6.45, 7) is 2.25. The topological polar surface area (TPSA) is 38.0 Å². The minimum Gasteiger partial charge on any atom is -0.271 e. The van der Waals surface area contributed by atoms with E-state index >= 15 is 0 Å². The van der Waals surface area contributed by atoms with Crippen LogP contribution >= 0.6 is 11.3 Å². The molecule has 1 aromatic rings. The predicted molar refractivity (Wildman–Crippen MR) is 72.5 cm³/mol. The lowest BCUT2D eigenvalue weighted by Gasteiger charge is -2.14. The molecule has 16 heavy (non-hydrogen) atoms. The van der Waals surface area contributed by atoms with Crippen molar-refractivity contribution in [2.24, 2.45) is 5.84 Å². The summed E-state index contributed by atoms with van der Waals surface area (Å²) < 4.78 is 0. The van der Waals surface area contributed by atoms with Crippen LogP contribution in [0.25, 0.3) is 0 Å². The summed E-state index contributed by atoms with van der Waals surface area (Å²) in [5, 5.41) is 2.14. The van der Waals surface area contributed by atoms with Crippen molar-refractivity contribution in [1.29, 1.82) is 0 Å². The second-order valence-electron chi connectivity index (χ2n) is 4.33. The molecule has 0 radical (unpaired) electrons. The maximum atomic E-state index is 5.58. The Bertz CT molecular complexity index is 246. The van der Waals surface area contributed by atoms with Crippen molar-refractivity contribution >= 4 is 11.3 Å². The van der Waals surface area contributed by atoms with Gasteiger partial charge in [-0.15, -0.1) is 11.3 Å². The summed E-state index contributed by atoms with van der Waals surface area (Å²) in [4.78, 5) is 1.47. The Kier molecular flexibility index (Phi) is 7.47. The fourth-order valence-electron chi connectivity index (χ4n) is 1.90. The van der Waals surface area contributed by atoms with Crippen LogP contribution in [0.5, 0.6) is 0 Å². The number of hydrogen-bond acceptors (Lipinski definition) is 3. The lowest BCUT2D eigenvalue weighted by atomic mass is 10.0. The first-order valence-corrected chi connectivity index (χ1v) is 7.23. The van der Waals surface area contributed by atoms with Crippen molar-refractivity contribution in [2.75, 3.05) is 0 Å². The zero-order valence-electron chi connectivity index (χ0n) is 10.2. The Morgan fingerprint density at radius 1 is 1.31 bits per heavy atom. The van der Waals surface area contributed by atoms with Gasteiger partial charge in [0.25, 0.3) is 0 Å². The first-order chi connectivity index (χ1) is 7.86. The monoisotopic (exact) mass is 240 g/mol. The van der Waals surface area contributed by atoms with Crippen LogP contribution in [0.1, 0.15) is 50.3 Å². The highest BCUT2D eigenvalue weighted by Gasteiger charge is 2.06. The predicted octanol–water partition coefficient (Wildman–Crippen LogP) is 3.48. The molecule has 0 saturated carbocycles. The standard InChI is InChI=1S/C13H24N2S/c1-2-3-4-5-7-12(15-14)9-10-13-8-6-11-16-13/h6,8,11-12,15H,2-5,7,9-10,14H2,1H3. The zero-order chi connectivity index (χ0) is 11.6. The molecule has 0 saturated heterocycles. The largest absolute Gasteiger partial charge is 0.271 e. The number of hydrazine groups is 1. The van der Waals surface area contributed by atoms with Crippen molar-refractivity contribution in [3.8, 4) is 0 Å². The Morgan fingerprint density at radius 2 is 2.19 bits per heavy atom. The first kappa shape index (κ1) is 13.7. The number of aryl methyl sites for hydroxylation is 1. The van der Waals surface area contributed by atoms with Crippen LogP contribution in [0.4, 0.5) is 0 Å². The molecular formula is C13H24N2S. The summed E-state index contributed by atoms with van der Waals surface area (Å²) in [5.74, 6) is 5.58. The van der Waals surface area contributed by atoms with Gasteiger partial charge in [-0.25, -0.2) is 0 Å². The molecule has 3 N–H and O–H groups in total. The molecule has 0 spiro atoms. The number of thiophene rings is 1. The third-order valence-corrected chi connectivity index (χ3v) is 3.90. The van der Waals surface area contributed by atoms with Gasteiger partial charge in [0.1, 0.15) is 0 Å². The van der Waals surface area contributed by atoms with E-state index < -0.39 is 0 Å². The Labute approximate surface area is 103 Å². The SMILES string of the molecule is CCCCCCC(CCc1cccs1)NN. The highest BCUT2D eigenvalue weighted by molar-refractivity contribution is 7.09. The number of nitrogens with one attached hydrogen (secondary N) is 1. The lowest BCUT2D eigenvalue weighted by Crippen LogP contribution is -2.35. The van der Waals surface area contributed by atoms with E-state index in [0.29, 0.717) is 6.04 Å². The van der Waals surface area contributed by atoms with Crippen molar-refractivity contribution in [1.82, 2.24) is 5.43 Å². The van der Waals surface area contributed by atoms with Gasteiger partial charge in [-0.3, -0.25) is 11.3 Å². The molecule has 0 bridgehead atoms. The molecule has 3 heteroatoms. The van der Waals surface area contributed by atoms with E-state index in [4.69, 9.17) is 5.84 Å². The summed E-state index contributed by atoms with van der Waals surface area (Å²) >= 11 is 1.84. The van der Waals surface area contributed by atoms with E-state index in [1.165, 1.54) is 37.0 Å². The number of hydrogen-bond donors (Lipinski definition) is 2. The van der Waals surface area contributed by atoms with E-state index in [2.05, 4.69) is 29.9 Å². The highest BCUT2D eigenvalue weighted by Crippen LogP contribution is 2.14. The fourth-order valence-corrected chi connectivity index (χ4v) is 2.62. The molecule has 0 aliphatic carbocycles. The zero-order valence-corrected chi connectivity index (χ0v) is 11.1. The number of nitrogens with two attached hydrogens (primary N) is 1. The van der Waals surface area contributed by atoms with E-state index in [-0.39, 0.29) is 0 Å². The molecule has 1 atom stereocenters. The molecule has 2 nitrogen and oxygen atoms in total. The Morgan fingerprint density at radius 3 is 2.81 bits per heavy atom.